The van der Waals surface area contributed by atoms with Crippen LogP contribution in [0.1, 0.15) is 44.9 Å². The summed E-state index contributed by atoms with van der Waals surface area (Å²) in [5.41, 5.74) is -0.480. The number of esters is 3. The Morgan fingerprint density at radius 2 is 1.71 bits per heavy atom. The molecule has 7 aliphatic rings. The number of hydrogen-bond acceptors (Lipinski definition) is 8. The monoisotopic (exact) mass is 500 g/mol. The number of ether oxygens (including phenoxy) is 3. The summed E-state index contributed by atoms with van der Waals surface area (Å²) in [6.45, 7) is -0.852. The molecular weight excluding hydrogens is 471 g/mol. The van der Waals surface area contributed by atoms with Gasteiger partial charge in [0.1, 0.15) is 24.6 Å². The van der Waals surface area contributed by atoms with Gasteiger partial charge in [-0.3, -0.25) is 18.9 Å². The van der Waals surface area contributed by atoms with E-state index in [1.54, 1.807) is 0 Å². The average Bonchev–Trinajstić information content (AvgIpc) is 3.33. The lowest BCUT2D eigenvalue weighted by Gasteiger charge is -2.55. The van der Waals surface area contributed by atoms with Crippen molar-refractivity contribution in [3.05, 3.63) is 0 Å². The van der Waals surface area contributed by atoms with Crippen LogP contribution in [0, 0.1) is 46.8 Å². The first kappa shape index (κ1) is 22.7. The highest BCUT2D eigenvalue weighted by Gasteiger charge is 2.70. The van der Waals surface area contributed by atoms with Crippen LogP contribution in [-0.2, 0) is 38.7 Å². The third kappa shape index (κ3) is 3.56. The topological polar surface area (TPSA) is 133 Å². The maximum atomic E-state index is 13.8. The van der Waals surface area contributed by atoms with E-state index in [4.69, 9.17) is 18.8 Å². The van der Waals surface area contributed by atoms with Gasteiger partial charge < -0.3 is 14.2 Å². The SMILES string of the molecule is O=C1OC2C3CC(C2OC(=O)C24CC5CC(CC(C5)C2)C4)C(C(=O)OCC(F)CS(=O)(=O)O)C13. The summed E-state index contributed by atoms with van der Waals surface area (Å²) >= 11 is 0. The zero-order chi connectivity index (χ0) is 24.0. The van der Waals surface area contributed by atoms with E-state index < -0.39 is 76.0 Å². The van der Waals surface area contributed by atoms with Crippen LogP contribution in [0.2, 0.25) is 0 Å². The Bertz CT molecular complexity index is 990. The van der Waals surface area contributed by atoms with Crippen LogP contribution in [0.15, 0.2) is 0 Å². The molecule has 188 valence electrons. The molecule has 0 aromatic carbocycles. The van der Waals surface area contributed by atoms with Gasteiger partial charge in [0.05, 0.1) is 17.3 Å². The maximum Gasteiger partial charge on any atom is 0.312 e. The van der Waals surface area contributed by atoms with Gasteiger partial charge >= 0.3 is 17.9 Å². The van der Waals surface area contributed by atoms with Crippen molar-refractivity contribution in [1.29, 1.82) is 0 Å². The molecule has 1 N–H and O–H groups in total. The van der Waals surface area contributed by atoms with Gasteiger partial charge in [0, 0.05) is 11.8 Å². The van der Waals surface area contributed by atoms with Gasteiger partial charge in [-0.25, -0.2) is 4.39 Å². The first-order chi connectivity index (χ1) is 16.0. The Hall–Kier alpha value is -1.75. The van der Waals surface area contributed by atoms with Gasteiger partial charge in [0.15, 0.2) is 6.17 Å². The fraction of sp³-hybridized carbons (Fsp3) is 0.870. The highest BCUT2D eigenvalue weighted by molar-refractivity contribution is 7.85. The Kier molecular flexibility index (Phi) is 5.09. The number of rotatable bonds is 7. The average molecular weight is 501 g/mol. The van der Waals surface area contributed by atoms with E-state index in [9.17, 15) is 27.2 Å². The molecule has 0 aromatic rings. The van der Waals surface area contributed by atoms with E-state index in [0.29, 0.717) is 24.2 Å². The van der Waals surface area contributed by atoms with Crippen LogP contribution in [0.3, 0.4) is 0 Å². The number of hydrogen-bond donors (Lipinski definition) is 1. The highest BCUT2D eigenvalue weighted by Crippen LogP contribution is 2.62. The number of carbonyl (C=O) groups is 3. The molecule has 6 bridgehead atoms. The second kappa shape index (κ2) is 7.62. The molecular formula is C23H29FO9S. The lowest BCUT2D eigenvalue weighted by atomic mass is 9.49. The van der Waals surface area contributed by atoms with Crippen molar-refractivity contribution in [1.82, 2.24) is 0 Å². The molecule has 7 fully saturated rings. The second-order valence-corrected chi connectivity index (χ2v) is 13.1. The van der Waals surface area contributed by atoms with Gasteiger partial charge in [-0.1, -0.05) is 0 Å². The summed E-state index contributed by atoms with van der Waals surface area (Å²) in [5, 5.41) is 0. The normalized spacial score (nSPS) is 46.4. The van der Waals surface area contributed by atoms with Crippen LogP contribution < -0.4 is 0 Å². The number of carbonyl (C=O) groups excluding carboxylic acids is 3. The minimum atomic E-state index is -4.56. The molecule has 7 atom stereocenters. The smallest absolute Gasteiger partial charge is 0.312 e. The van der Waals surface area contributed by atoms with Crippen molar-refractivity contribution in [2.45, 2.75) is 63.3 Å². The van der Waals surface area contributed by atoms with Crippen LogP contribution in [0.4, 0.5) is 4.39 Å². The molecule has 11 heteroatoms. The summed E-state index contributed by atoms with van der Waals surface area (Å²) in [5.74, 6) is -3.49. The van der Waals surface area contributed by atoms with Gasteiger partial charge in [-0.05, 0) is 62.7 Å². The lowest BCUT2D eigenvalue weighted by Crippen LogP contribution is -2.53. The van der Waals surface area contributed by atoms with Crippen LogP contribution in [0.5, 0.6) is 0 Å². The predicted molar refractivity (Wildman–Crippen MR) is 111 cm³/mol. The quantitative estimate of drug-likeness (QED) is 0.315. The zero-order valence-corrected chi connectivity index (χ0v) is 19.5. The van der Waals surface area contributed by atoms with Gasteiger partial charge in [0.25, 0.3) is 10.1 Å². The van der Waals surface area contributed by atoms with Gasteiger partial charge in [0.2, 0.25) is 0 Å². The highest BCUT2D eigenvalue weighted by atomic mass is 32.2. The Labute approximate surface area is 196 Å². The van der Waals surface area contributed by atoms with Gasteiger partial charge in [-0.15, -0.1) is 0 Å². The fourth-order valence-electron chi connectivity index (χ4n) is 8.62. The number of alkyl halides is 1. The molecule has 0 amide bonds. The Morgan fingerprint density at radius 3 is 2.29 bits per heavy atom. The molecule has 9 nitrogen and oxygen atoms in total. The van der Waals surface area contributed by atoms with Gasteiger partial charge in [-0.2, -0.15) is 8.42 Å². The Morgan fingerprint density at radius 1 is 1.09 bits per heavy atom. The molecule has 0 radical (unpaired) electrons. The van der Waals surface area contributed by atoms with E-state index in [1.807, 2.05) is 0 Å². The number of halogens is 1. The molecule has 1 aliphatic heterocycles. The molecule has 1 saturated heterocycles. The molecule has 34 heavy (non-hydrogen) atoms. The molecule has 0 spiro atoms. The second-order valence-electron chi connectivity index (χ2n) is 11.6. The van der Waals surface area contributed by atoms with Crippen LogP contribution >= 0.6 is 0 Å². The van der Waals surface area contributed by atoms with Crippen molar-refractivity contribution in [3.63, 3.8) is 0 Å². The van der Waals surface area contributed by atoms with Crippen molar-refractivity contribution < 1.29 is 46.0 Å². The third-order valence-corrected chi connectivity index (χ3v) is 10.1. The van der Waals surface area contributed by atoms with E-state index in [1.165, 1.54) is 19.3 Å². The predicted octanol–water partition coefficient (Wildman–Crippen LogP) is 1.69. The summed E-state index contributed by atoms with van der Waals surface area (Å²) in [6.07, 6.45) is 3.14. The fourth-order valence-corrected chi connectivity index (χ4v) is 9.18. The van der Waals surface area contributed by atoms with E-state index in [2.05, 4.69) is 0 Å². The van der Waals surface area contributed by atoms with Crippen molar-refractivity contribution in [2.75, 3.05) is 12.4 Å². The van der Waals surface area contributed by atoms with E-state index in [0.717, 1.165) is 19.3 Å². The molecule has 0 aromatic heterocycles. The lowest BCUT2D eigenvalue weighted by molar-refractivity contribution is -0.187. The van der Waals surface area contributed by atoms with E-state index in [-0.39, 0.29) is 11.9 Å². The molecule has 6 saturated carbocycles. The van der Waals surface area contributed by atoms with E-state index >= 15 is 0 Å². The zero-order valence-electron chi connectivity index (χ0n) is 18.6. The maximum absolute atomic E-state index is 13.8. The van der Waals surface area contributed by atoms with Crippen LogP contribution in [-0.4, -0.2) is 61.6 Å². The van der Waals surface area contributed by atoms with Crippen LogP contribution in [0.25, 0.3) is 0 Å². The first-order valence-corrected chi connectivity index (χ1v) is 13.8. The number of fused-ring (bicyclic) bond motifs is 1. The molecule has 1 heterocycles. The minimum Gasteiger partial charge on any atom is -0.462 e. The van der Waals surface area contributed by atoms with Crippen molar-refractivity contribution in [2.24, 2.45) is 46.8 Å². The molecule has 7 unspecified atom stereocenters. The summed E-state index contributed by atoms with van der Waals surface area (Å²) in [4.78, 5) is 38.9. The third-order valence-electron chi connectivity index (χ3n) is 9.33. The van der Waals surface area contributed by atoms with Crippen molar-refractivity contribution >= 4 is 28.0 Å². The molecule has 7 rings (SSSR count). The van der Waals surface area contributed by atoms with Crippen molar-refractivity contribution in [3.8, 4) is 0 Å². The molecule has 6 aliphatic carbocycles. The first-order valence-electron chi connectivity index (χ1n) is 12.2. The Balaban J connectivity index is 1.16. The summed E-state index contributed by atoms with van der Waals surface area (Å²) in [7, 11) is -4.56. The minimum absolute atomic E-state index is 0.243. The largest absolute Gasteiger partial charge is 0.462 e. The summed E-state index contributed by atoms with van der Waals surface area (Å²) in [6, 6.07) is 0. The summed E-state index contributed by atoms with van der Waals surface area (Å²) < 4.78 is 60.9. The standard InChI is InChI=1S/C23H29FO9S/c24-13(9-34(28,29)30)8-31-20(25)16-14-4-15-17(16)21(26)32-18(15)19(14)33-22(27)23-5-10-1-11(6-23)3-12(2-10)7-23/h10-19H,1-9H2,(H,28,29,30).